The summed E-state index contributed by atoms with van der Waals surface area (Å²) in [5.74, 6) is 0.828. The molecule has 3 nitrogen and oxygen atoms in total. The molecule has 2 fully saturated rings. The van der Waals surface area contributed by atoms with E-state index in [1.165, 1.54) is 71.0 Å². The predicted molar refractivity (Wildman–Crippen MR) is 85.0 cm³/mol. The molecular formula is C17H34N2O. The number of likely N-dealkylation sites (tertiary alicyclic amines) is 1. The van der Waals surface area contributed by atoms with Gasteiger partial charge in [0.25, 0.3) is 0 Å². The lowest BCUT2D eigenvalue weighted by Crippen LogP contribution is -2.48. The highest BCUT2D eigenvalue weighted by Gasteiger charge is 2.29. The van der Waals surface area contributed by atoms with Gasteiger partial charge in [0.2, 0.25) is 0 Å². The molecule has 0 aromatic heterocycles. The van der Waals surface area contributed by atoms with Gasteiger partial charge in [-0.2, -0.15) is 0 Å². The van der Waals surface area contributed by atoms with E-state index in [9.17, 15) is 5.11 Å². The number of aliphatic hydroxyl groups is 1. The van der Waals surface area contributed by atoms with E-state index in [-0.39, 0.29) is 0 Å². The molecule has 2 rings (SSSR count). The summed E-state index contributed by atoms with van der Waals surface area (Å²) in [6.07, 6.45) is 11.8. The highest BCUT2D eigenvalue weighted by molar-refractivity contribution is 4.86. The molecule has 2 N–H and O–H groups in total. The largest absolute Gasteiger partial charge is 0.396 e. The first-order chi connectivity index (χ1) is 9.85. The number of nitrogens with one attached hydrogen (secondary N) is 1. The van der Waals surface area contributed by atoms with Crippen LogP contribution in [0.5, 0.6) is 0 Å². The minimum atomic E-state index is 0.351. The Morgan fingerprint density at radius 1 is 1.10 bits per heavy atom. The molecule has 3 heteroatoms. The van der Waals surface area contributed by atoms with Crippen LogP contribution in [0.2, 0.25) is 0 Å². The van der Waals surface area contributed by atoms with E-state index in [1.807, 2.05) is 0 Å². The van der Waals surface area contributed by atoms with E-state index < -0.39 is 0 Å². The lowest BCUT2D eigenvalue weighted by atomic mass is 9.83. The summed E-state index contributed by atoms with van der Waals surface area (Å²) in [6.45, 7) is 6.28. The van der Waals surface area contributed by atoms with Crippen LogP contribution in [0.25, 0.3) is 0 Å². The summed E-state index contributed by atoms with van der Waals surface area (Å²) in [7, 11) is 0. The third-order valence-electron chi connectivity index (χ3n) is 5.25. The molecule has 1 aliphatic heterocycles. The normalized spacial score (nSPS) is 32.4. The van der Waals surface area contributed by atoms with Crippen LogP contribution < -0.4 is 5.32 Å². The van der Waals surface area contributed by atoms with E-state index in [4.69, 9.17) is 0 Å². The minimum Gasteiger partial charge on any atom is -0.396 e. The van der Waals surface area contributed by atoms with Gasteiger partial charge in [-0.3, -0.25) is 4.90 Å². The SMILES string of the molecule is CCCNC1CCCCC1CN1CCCCC1CCO. The monoisotopic (exact) mass is 282 g/mol. The van der Waals surface area contributed by atoms with Gasteiger partial charge in [0, 0.05) is 25.2 Å². The van der Waals surface area contributed by atoms with Crippen molar-refractivity contribution in [2.75, 3.05) is 26.2 Å². The lowest BCUT2D eigenvalue weighted by molar-refractivity contribution is 0.0825. The van der Waals surface area contributed by atoms with Gasteiger partial charge in [-0.1, -0.05) is 26.2 Å². The summed E-state index contributed by atoms with van der Waals surface area (Å²) >= 11 is 0. The Morgan fingerprint density at radius 3 is 2.70 bits per heavy atom. The van der Waals surface area contributed by atoms with Crippen molar-refractivity contribution in [3.05, 3.63) is 0 Å². The Hall–Kier alpha value is -0.120. The fraction of sp³-hybridized carbons (Fsp3) is 1.00. The predicted octanol–water partition coefficient (Wildman–Crippen LogP) is 2.78. The highest BCUT2D eigenvalue weighted by atomic mass is 16.3. The van der Waals surface area contributed by atoms with Crippen molar-refractivity contribution in [2.24, 2.45) is 5.92 Å². The average molecular weight is 282 g/mol. The van der Waals surface area contributed by atoms with Gasteiger partial charge < -0.3 is 10.4 Å². The molecule has 0 aromatic carbocycles. The number of hydrogen-bond acceptors (Lipinski definition) is 3. The van der Waals surface area contributed by atoms with E-state index in [0.717, 1.165) is 18.4 Å². The Bertz CT molecular complexity index is 257. The first kappa shape index (κ1) is 16.3. The van der Waals surface area contributed by atoms with Crippen molar-refractivity contribution in [1.82, 2.24) is 10.2 Å². The smallest absolute Gasteiger partial charge is 0.0445 e. The maximum atomic E-state index is 9.27. The number of piperidine rings is 1. The van der Waals surface area contributed by atoms with Crippen molar-refractivity contribution in [3.8, 4) is 0 Å². The zero-order valence-electron chi connectivity index (χ0n) is 13.3. The highest BCUT2D eigenvalue weighted by Crippen LogP contribution is 2.28. The number of hydrogen-bond donors (Lipinski definition) is 2. The molecule has 0 amide bonds. The topological polar surface area (TPSA) is 35.5 Å². The van der Waals surface area contributed by atoms with E-state index in [1.54, 1.807) is 0 Å². The summed E-state index contributed by atoms with van der Waals surface area (Å²) in [5, 5.41) is 13.1. The van der Waals surface area contributed by atoms with Crippen molar-refractivity contribution in [2.45, 2.75) is 76.8 Å². The molecular weight excluding hydrogens is 248 g/mol. The van der Waals surface area contributed by atoms with Crippen LogP contribution in [-0.2, 0) is 0 Å². The first-order valence-electron chi connectivity index (χ1n) is 8.93. The Morgan fingerprint density at radius 2 is 1.90 bits per heavy atom. The molecule has 1 aliphatic carbocycles. The summed E-state index contributed by atoms with van der Waals surface area (Å²) in [4.78, 5) is 2.69. The van der Waals surface area contributed by atoms with Crippen LogP contribution in [0, 0.1) is 5.92 Å². The molecule has 0 aromatic rings. The standard InChI is InChI=1S/C17H34N2O/c1-2-11-18-17-9-4-3-7-15(17)14-19-12-6-5-8-16(19)10-13-20/h15-18,20H,2-14H2,1H3. The maximum Gasteiger partial charge on any atom is 0.0445 e. The zero-order chi connectivity index (χ0) is 14.2. The summed E-state index contributed by atoms with van der Waals surface area (Å²) in [6, 6.07) is 1.38. The van der Waals surface area contributed by atoms with Crippen LogP contribution in [0.1, 0.15) is 64.7 Å². The van der Waals surface area contributed by atoms with Gasteiger partial charge in [0.15, 0.2) is 0 Å². The molecule has 1 saturated heterocycles. The number of aliphatic hydroxyl groups excluding tert-OH is 1. The van der Waals surface area contributed by atoms with E-state index in [2.05, 4.69) is 17.1 Å². The fourth-order valence-electron chi connectivity index (χ4n) is 4.10. The van der Waals surface area contributed by atoms with Crippen molar-refractivity contribution in [1.29, 1.82) is 0 Å². The lowest BCUT2D eigenvalue weighted by Gasteiger charge is -2.41. The van der Waals surface area contributed by atoms with Crippen LogP contribution >= 0.6 is 0 Å². The fourth-order valence-corrected chi connectivity index (χ4v) is 4.10. The average Bonchev–Trinajstić information content (AvgIpc) is 2.49. The molecule has 0 bridgehead atoms. The Balaban J connectivity index is 1.87. The minimum absolute atomic E-state index is 0.351. The Labute approximate surface area is 125 Å². The van der Waals surface area contributed by atoms with Gasteiger partial charge in [-0.15, -0.1) is 0 Å². The van der Waals surface area contributed by atoms with Gasteiger partial charge in [-0.25, -0.2) is 0 Å². The van der Waals surface area contributed by atoms with Gasteiger partial charge in [-0.05, 0) is 57.5 Å². The second-order valence-electron chi connectivity index (χ2n) is 6.76. The van der Waals surface area contributed by atoms with Crippen LogP contribution in [-0.4, -0.2) is 48.3 Å². The van der Waals surface area contributed by atoms with E-state index >= 15 is 0 Å². The van der Waals surface area contributed by atoms with Crippen LogP contribution in [0.4, 0.5) is 0 Å². The first-order valence-corrected chi connectivity index (χ1v) is 8.93. The number of nitrogens with zero attached hydrogens (tertiary/aromatic N) is 1. The summed E-state index contributed by atoms with van der Waals surface area (Å²) < 4.78 is 0. The second-order valence-corrected chi connectivity index (χ2v) is 6.76. The molecule has 0 radical (unpaired) electrons. The van der Waals surface area contributed by atoms with Crippen molar-refractivity contribution in [3.63, 3.8) is 0 Å². The zero-order valence-corrected chi connectivity index (χ0v) is 13.3. The van der Waals surface area contributed by atoms with Gasteiger partial charge >= 0.3 is 0 Å². The second kappa shape index (κ2) is 9.01. The molecule has 20 heavy (non-hydrogen) atoms. The molecule has 0 spiro atoms. The summed E-state index contributed by atoms with van der Waals surface area (Å²) in [5.41, 5.74) is 0. The quantitative estimate of drug-likeness (QED) is 0.754. The van der Waals surface area contributed by atoms with E-state index in [0.29, 0.717) is 12.6 Å². The third kappa shape index (κ3) is 4.71. The molecule has 1 saturated carbocycles. The molecule has 1 heterocycles. The maximum absolute atomic E-state index is 9.27. The van der Waals surface area contributed by atoms with Crippen LogP contribution in [0.3, 0.4) is 0 Å². The van der Waals surface area contributed by atoms with Crippen LogP contribution in [0.15, 0.2) is 0 Å². The Kier molecular flexibility index (Phi) is 7.32. The molecule has 118 valence electrons. The van der Waals surface area contributed by atoms with Crippen molar-refractivity contribution >= 4 is 0 Å². The molecule has 3 atom stereocenters. The van der Waals surface area contributed by atoms with Gasteiger partial charge in [0.05, 0.1) is 0 Å². The molecule has 3 unspecified atom stereocenters. The third-order valence-corrected chi connectivity index (χ3v) is 5.25. The number of rotatable bonds is 7. The van der Waals surface area contributed by atoms with Gasteiger partial charge in [0.1, 0.15) is 0 Å². The van der Waals surface area contributed by atoms with Crippen molar-refractivity contribution < 1.29 is 5.11 Å². The molecule has 2 aliphatic rings.